The van der Waals surface area contributed by atoms with E-state index in [1.807, 2.05) is 12.2 Å². The second-order valence-electron chi connectivity index (χ2n) is 9.50. The molecule has 1 saturated carbocycles. The summed E-state index contributed by atoms with van der Waals surface area (Å²) in [5, 5.41) is 13.7. The van der Waals surface area contributed by atoms with Crippen molar-refractivity contribution in [3.8, 4) is 0 Å². The Balaban J connectivity index is 1.54. The fraction of sp³-hybridized carbons (Fsp3) is 0.520. The van der Waals surface area contributed by atoms with Gasteiger partial charge in [-0.1, -0.05) is 12.2 Å². The van der Waals surface area contributed by atoms with E-state index in [0.29, 0.717) is 25.8 Å². The number of ether oxygens (including phenoxy) is 2. The third-order valence-electron chi connectivity index (χ3n) is 6.96. The number of nitro benzene ring substituents is 1. The maximum absolute atomic E-state index is 13.4. The second kappa shape index (κ2) is 10.6. The number of urea groups is 1. The van der Waals surface area contributed by atoms with Gasteiger partial charge in [0.05, 0.1) is 23.6 Å². The van der Waals surface area contributed by atoms with E-state index < -0.39 is 40.5 Å². The van der Waals surface area contributed by atoms with Crippen molar-refractivity contribution < 1.29 is 33.6 Å². The van der Waals surface area contributed by atoms with Gasteiger partial charge < -0.3 is 24.6 Å². The molecule has 1 aliphatic carbocycles. The number of nitrogens with zero attached hydrogens (tertiary/aromatic N) is 3. The molecule has 2 fully saturated rings. The molecule has 0 bridgehead atoms. The number of hydrogen-bond donors (Lipinski definition) is 1. The average molecular weight is 515 g/mol. The van der Waals surface area contributed by atoms with Crippen LogP contribution in [0.25, 0.3) is 0 Å². The highest BCUT2D eigenvalue weighted by Gasteiger charge is 2.62. The zero-order chi connectivity index (χ0) is 26.7. The number of carbonyl (C=O) groups is 4. The molecule has 2 aliphatic heterocycles. The molecule has 3 amide bonds. The van der Waals surface area contributed by atoms with Crippen molar-refractivity contribution in [1.82, 2.24) is 15.1 Å². The molecule has 1 aromatic rings. The van der Waals surface area contributed by atoms with Crippen molar-refractivity contribution in [2.24, 2.45) is 5.92 Å². The third kappa shape index (κ3) is 5.42. The van der Waals surface area contributed by atoms with Crippen LogP contribution in [-0.2, 0) is 19.1 Å². The third-order valence-corrected chi connectivity index (χ3v) is 6.96. The van der Waals surface area contributed by atoms with Crippen LogP contribution in [0.5, 0.6) is 0 Å². The van der Waals surface area contributed by atoms with Gasteiger partial charge in [-0.2, -0.15) is 0 Å². The van der Waals surface area contributed by atoms with Crippen LogP contribution >= 0.6 is 0 Å². The van der Waals surface area contributed by atoms with Crippen LogP contribution in [0.2, 0.25) is 0 Å². The Bertz CT molecular complexity index is 1120. The summed E-state index contributed by atoms with van der Waals surface area (Å²) >= 11 is 0. The quantitative estimate of drug-likeness (QED) is 0.272. The molecule has 1 N–H and O–H groups in total. The van der Waals surface area contributed by atoms with Gasteiger partial charge in [0.25, 0.3) is 5.69 Å². The molecule has 12 nitrogen and oxygen atoms in total. The van der Waals surface area contributed by atoms with Crippen LogP contribution in [0.1, 0.15) is 43.0 Å². The van der Waals surface area contributed by atoms with Crippen LogP contribution in [0.15, 0.2) is 36.4 Å². The molecule has 12 heteroatoms. The molecule has 0 radical (unpaired) electrons. The van der Waals surface area contributed by atoms with Gasteiger partial charge in [-0.3, -0.25) is 14.9 Å². The van der Waals surface area contributed by atoms with Crippen molar-refractivity contribution in [1.29, 1.82) is 0 Å². The van der Waals surface area contributed by atoms with Crippen molar-refractivity contribution >= 4 is 29.6 Å². The Morgan fingerprint density at radius 2 is 1.97 bits per heavy atom. The van der Waals surface area contributed by atoms with Gasteiger partial charge in [-0.25, -0.2) is 14.4 Å². The number of esters is 2. The molecule has 2 heterocycles. The first-order valence-corrected chi connectivity index (χ1v) is 12.3. The Hall–Kier alpha value is -3.96. The number of benzene rings is 1. The van der Waals surface area contributed by atoms with E-state index in [1.165, 1.54) is 34.1 Å². The molecule has 1 aromatic carbocycles. The lowest BCUT2D eigenvalue weighted by Gasteiger charge is -2.29. The minimum atomic E-state index is -1.17. The second-order valence-corrected chi connectivity index (χ2v) is 9.50. The zero-order valence-electron chi connectivity index (χ0n) is 20.8. The van der Waals surface area contributed by atoms with E-state index in [-0.39, 0.29) is 42.8 Å². The number of amides is 3. The number of rotatable bonds is 5. The van der Waals surface area contributed by atoms with E-state index in [2.05, 4.69) is 5.32 Å². The zero-order valence-corrected chi connectivity index (χ0v) is 20.8. The van der Waals surface area contributed by atoms with Crippen LogP contribution in [0, 0.1) is 16.0 Å². The van der Waals surface area contributed by atoms with Crippen molar-refractivity contribution in [2.75, 3.05) is 26.7 Å². The van der Waals surface area contributed by atoms with Gasteiger partial charge in [-0.05, 0) is 38.3 Å². The highest BCUT2D eigenvalue weighted by atomic mass is 16.6. The largest absolute Gasteiger partial charge is 0.464 e. The van der Waals surface area contributed by atoms with E-state index in [1.54, 1.807) is 14.0 Å². The van der Waals surface area contributed by atoms with E-state index in [0.717, 1.165) is 0 Å². The van der Waals surface area contributed by atoms with Crippen LogP contribution in [0.3, 0.4) is 0 Å². The maximum atomic E-state index is 13.4. The number of allylic oxidation sites excluding steroid dienone is 1. The summed E-state index contributed by atoms with van der Waals surface area (Å²) in [4.78, 5) is 65.3. The van der Waals surface area contributed by atoms with E-state index in [4.69, 9.17) is 9.47 Å². The lowest BCUT2D eigenvalue weighted by molar-refractivity contribution is -0.384. The minimum absolute atomic E-state index is 0.00589. The van der Waals surface area contributed by atoms with Gasteiger partial charge in [0.2, 0.25) is 5.91 Å². The molecule has 4 atom stereocenters. The normalized spacial score (nSPS) is 27.6. The van der Waals surface area contributed by atoms with E-state index in [9.17, 15) is 29.3 Å². The molecule has 0 unspecified atom stereocenters. The SMILES string of the molecule is CCOC(=O)[C@@]12C[C@H]1C=CCCCN(C)C(=O)N1C[C@@H](OC(=O)c3ccc([N+](=O)[O-])cc3)C[C@H]1C(=O)N2. The molecule has 198 valence electrons. The summed E-state index contributed by atoms with van der Waals surface area (Å²) in [6, 6.07) is 3.64. The molecular weight excluding hydrogens is 484 g/mol. The first-order valence-electron chi connectivity index (χ1n) is 12.3. The van der Waals surface area contributed by atoms with Crippen molar-refractivity contribution in [2.45, 2.75) is 50.3 Å². The molecule has 0 aromatic heterocycles. The standard InChI is InChI=1S/C25H30N4O8/c1-3-36-23(32)25-14-17(25)7-5-4-6-12-27(2)24(33)28-15-19(13-20(28)21(30)26-25)37-22(31)16-8-10-18(11-9-16)29(34)35/h5,7-11,17,19-20H,3-4,6,12-15H2,1-2H3,(H,26,30)/t17-,19+,20+,25-/m1/s1. The summed E-state index contributed by atoms with van der Waals surface area (Å²) in [5.74, 6) is -1.94. The maximum Gasteiger partial charge on any atom is 0.338 e. The molecule has 4 rings (SSSR count). The average Bonchev–Trinajstić information content (AvgIpc) is 3.40. The molecule has 3 aliphatic rings. The van der Waals surface area contributed by atoms with Crippen LogP contribution in [-0.4, -0.2) is 83.0 Å². The number of fused-ring (bicyclic) bond motifs is 2. The Labute approximate surface area is 213 Å². The Kier molecular flexibility index (Phi) is 7.46. The Morgan fingerprint density at radius 3 is 2.65 bits per heavy atom. The first kappa shape index (κ1) is 26.1. The van der Waals surface area contributed by atoms with Gasteiger partial charge in [0.1, 0.15) is 17.7 Å². The van der Waals surface area contributed by atoms with Crippen LogP contribution in [0.4, 0.5) is 10.5 Å². The number of non-ortho nitro benzene ring substituents is 1. The van der Waals surface area contributed by atoms with Gasteiger partial charge in [0.15, 0.2) is 0 Å². The number of nitro groups is 1. The summed E-state index contributed by atoms with van der Waals surface area (Å²) in [5.41, 5.74) is -1.22. The predicted molar refractivity (Wildman–Crippen MR) is 129 cm³/mol. The molecule has 1 saturated heterocycles. The molecule has 0 spiro atoms. The summed E-state index contributed by atoms with van der Waals surface area (Å²) in [6.07, 6.45) is 4.96. The van der Waals surface area contributed by atoms with E-state index >= 15 is 0 Å². The van der Waals surface area contributed by atoms with Crippen molar-refractivity contribution in [3.63, 3.8) is 0 Å². The predicted octanol–water partition coefficient (Wildman–Crippen LogP) is 2.03. The van der Waals surface area contributed by atoms with Gasteiger partial charge >= 0.3 is 18.0 Å². The first-order chi connectivity index (χ1) is 17.7. The summed E-state index contributed by atoms with van der Waals surface area (Å²) < 4.78 is 10.8. The fourth-order valence-electron chi connectivity index (χ4n) is 4.82. The van der Waals surface area contributed by atoms with Gasteiger partial charge in [-0.15, -0.1) is 0 Å². The smallest absolute Gasteiger partial charge is 0.338 e. The summed E-state index contributed by atoms with van der Waals surface area (Å²) in [7, 11) is 1.65. The fourth-order valence-corrected chi connectivity index (χ4v) is 4.82. The Morgan fingerprint density at radius 1 is 1.24 bits per heavy atom. The van der Waals surface area contributed by atoms with Crippen molar-refractivity contribution in [3.05, 3.63) is 52.1 Å². The number of carbonyl (C=O) groups excluding carboxylic acids is 4. The number of nitrogens with one attached hydrogen (secondary N) is 1. The van der Waals surface area contributed by atoms with Gasteiger partial charge in [0, 0.05) is 38.1 Å². The topological polar surface area (TPSA) is 148 Å². The highest BCUT2D eigenvalue weighted by molar-refractivity contribution is 5.95. The summed E-state index contributed by atoms with van der Waals surface area (Å²) in [6.45, 7) is 2.33. The minimum Gasteiger partial charge on any atom is -0.464 e. The lowest BCUT2D eigenvalue weighted by Crippen LogP contribution is -2.55. The van der Waals surface area contributed by atoms with Crippen LogP contribution < -0.4 is 5.32 Å². The lowest BCUT2D eigenvalue weighted by atomic mass is 10.1. The highest BCUT2D eigenvalue weighted by Crippen LogP contribution is 2.46. The molecular formula is C25H30N4O8. The number of hydrogen-bond acceptors (Lipinski definition) is 8. The monoisotopic (exact) mass is 514 g/mol. The molecule has 37 heavy (non-hydrogen) atoms.